The van der Waals surface area contributed by atoms with Crippen molar-refractivity contribution in [3.05, 3.63) is 86.1 Å². The molecule has 8 heteroatoms. The number of pyridine rings is 1. The predicted molar refractivity (Wildman–Crippen MR) is 142 cm³/mol. The summed E-state index contributed by atoms with van der Waals surface area (Å²) in [6.45, 7) is 10.5. The van der Waals surface area contributed by atoms with Gasteiger partial charge in [-0.2, -0.15) is 0 Å². The molecule has 0 spiro atoms. The minimum Gasteiger partial charge on any atom is -0.404 e. The average Bonchev–Trinajstić information content (AvgIpc) is 3.14. The Morgan fingerprint density at radius 2 is 1.97 bits per heavy atom. The fourth-order valence-corrected chi connectivity index (χ4v) is 4.62. The van der Waals surface area contributed by atoms with Gasteiger partial charge in [-0.25, -0.2) is 0 Å². The SMILES string of the molecule is Cc1cc(C)c(CNC(=O)c2cc(C3=CC(=CN)C(N)=NC3)cc3c2c(C)cn3C(C)C)c(=O)[nH]1. The first kappa shape index (κ1) is 24.1. The van der Waals surface area contributed by atoms with E-state index in [9.17, 15) is 9.59 Å². The highest BCUT2D eigenvalue weighted by atomic mass is 16.1. The van der Waals surface area contributed by atoms with Crippen LogP contribution in [0.3, 0.4) is 0 Å². The first-order valence-corrected chi connectivity index (χ1v) is 11.7. The summed E-state index contributed by atoms with van der Waals surface area (Å²) < 4.78 is 2.17. The van der Waals surface area contributed by atoms with Crippen LogP contribution in [0.1, 0.15) is 58.2 Å². The molecule has 0 atom stereocenters. The Kier molecular flexibility index (Phi) is 6.39. The first-order valence-electron chi connectivity index (χ1n) is 11.7. The molecule has 0 saturated carbocycles. The van der Waals surface area contributed by atoms with E-state index in [-0.39, 0.29) is 24.1 Å². The number of dihydropyridines is 1. The summed E-state index contributed by atoms with van der Waals surface area (Å²) in [7, 11) is 0. The largest absolute Gasteiger partial charge is 0.404 e. The number of carbonyl (C=O) groups excluding carboxylic acids is 1. The maximum absolute atomic E-state index is 13.5. The molecule has 6 N–H and O–H groups in total. The monoisotopic (exact) mass is 472 g/mol. The van der Waals surface area contributed by atoms with Crippen LogP contribution in [0.15, 0.2) is 52.0 Å². The van der Waals surface area contributed by atoms with Gasteiger partial charge >= 0.3 is 0 Å². The Morgan fingerprint density at radius 3 is 2.63 bits per heavy atom. The van der Waals surface area contributed by atoms with E-state index in [2.05, 4.69) is 46.0 Å². The molecule has 1 aromatic carbocycles. The van der Waals surface area contributed by atoms with E-state index in [1.807, 2.05) is 39.0 Å². The second-order valence-corrected chi connectivity index (χ2v) is 9.35. The Morgan fingerprint density at radius 1 is 1.23 bits per heavy atom. The molecule has 35 heavy (non-hydrogen) atoms. The molecule has 1 amide bonds. The van der Waals surface area contributed by atoms with E-state index in [0.29, 0.717) is 29.1 Å². The number of amidine groups is 1. The normalized spacial score (nSPS) is 15.0. The van der Waals surface area contributed by atoms with Crippen LogP contribution in [-0.4, -0.2) is 27.8 Å². The van der Waals surface area contributed by atoms with Crippen molar-refractivity contribution in [3.8, 4) is 0 Å². The topological polar surface area (TPSA) is 131 Å². The van der Waals surface area contributed by atoms with Crippen LogP contribution in [0.2, 0.25) is 0 Å². The number of nitrogens with one attached hydrogen (secondary N) is 2. The molecule has 3 heterocycles. The molecule has 1 aliphatic heterocycles. The average molecular weight is 473 g/mol. The van der Waals surface area contributed by atoms with Crippen molar-refractivity contribution in [3.63, 3.8) is 0 Å². The fraction of sp³-hybridized carbons (Fsp3) is 0.296. The number of rotatable bonds is 5. The number of benzene rings is 1. The van der Waals surface area contributed by atoms with Gasteiger partial charge in [0.05, 0.1) is 6.54 Å². The van der Waals surface area contributed by atoms with Crippen LogP contribution >= 0.6 is 0 Å². The maximum Gasteiger partial charge on any atom is 0.253 e. The van der Waals surface area contributed by atoms with E-state index in [1.165, 1.54) is 6.20 Å². The number of aryl methyl sites for hydroxylation is 3. The van der Waals surface area contributed by atoms with E-state index in [4.69, 9.17) is 11.5 Å². The molecule has 3 aromatic rings. The number of aliphatic imine (C=N–C) groups is 1. The highest BCUT2D eigenvalue weighted by molar-refractivity contribution is 6.10. The van der Waals surface area contributed by atoms with Crippen LogP contribution < -0.4 is 22.3 Å². The van der Waals surface area contributed by atoms with Crippen molar-refractivity contribution in [2.24, 2.45) is 16.5 Å². The number of fused-ring (bicyclic) bond motifs is 1. The maximum atomic E-state index is 13.5. The second-order valence-electron chi connectivity index (χ2n) is 9.35. The summed E-state index contributed by atoms with van der Waals surface area (Å²) in [5, 5.41) is 3.86. The molecular formula is C27H32N6O2. The van der Waals surface area contributed by atoms with Gasteiger partial charge in [0.25, 0.3) is 11.5 Å². The zero-order valence-electron chi connectivity index (χ0n) is 20.8. The molecule has 0 saturated heterocycles. The molecule has 0 aliphatic carbocycles. The van der Waals surface area contributed by atoms with Gasteiger partial charge in [-0.3, -0.25) is 14.6 Å². The number of hydrogen-bond acceptors (Lipinski definition) is 5. The van der Waals surface area contributed by atoms with Crippen molar-refractivity contribution < 1.29 is 4.79 Å². The standard InChI is InChI=1S/C27H32N6O2/c1-14(2)33-13-16(4)24-21(26(34)31-12-22-15(3)6-17(5)32-27(22)35)8-18(9-23(24)33)20-7-19(10-28)25(29)30-11-20/h6-10,13-14H,11-12,28H2,1-5H3,(H2,29,30)(H,31,34)(H,32,35). The number of hydrogen-bond donors (Lipinski definition) is 4. The Hall–Kier alpha value is -4.07. The third-order valence-electron chi connectivity index (χ3n) is 6.44. The number of aromatic nitrogens is 2. The quantitative estimate of drug-likeness (QED) is 0.453. The molecule has 0 unspecified atom stereocenters. The summed E-state index contributed by atoms with van der Waals surface area (Å²) in [6, 6.07) is 6.09. The third kappa shape index (κ3) is 4.51. The third-order valence-corrected chi connectivity index (χ3v) is 6.44. The van der Waals surface area contributed by atoms with Gasteiger partial charge in [-0.05, 0) is 81.2 Å². The lowest BCUT2D eigenvalue weighted by Gasteiger charge is -2.17. The van der Waals surface area contributed by atoms with E-state index >= 15 is 0 Å². The molecule has 8 nitrogen and oxygen atoms in total. The lowest BCUT2D eigenvalue weighted by atomic mass is 9.95. The lowest BCUT2D eigenvalue weighted by Crippen LogP contribution is -2.28. The molecule has 0 bridgehead atoms. The predicted octanol–water partition coefficient (Wildman–Crippen LogP) is 3.36. The zero-order chi connectivity index (χ0) is 25.4. The summed E-state index contributed by atoms with van der Waals surface area (Å²) >= 11 is 0. The van der Waals surface area contributed by atoms with E-state index < -0.39 is 0 Å². The minimum absolute atomic E-state index is 0.138. The van der Waals surface area contributed by atoms with Crippen LogP contribution in [0.5, 0.6) is 0 Å². The second kappa shape index (κ2) is 9.29. The van der Waals surface area contributed by atoms with Gasteiger partial charge in [0.1, 0.15) is 5.84 Å². The molecule has 2 aromatic heterocycles. The number of nitrogens with two attached hydrogens (primary N) is 2. The number of H-pyrrole nitrogens is 1. The lowest BCUT2D eigenvalue weighted by molar-refractivity contribution is 0.0952. The molecule has 4 rings (SSSR count). The van der Waals surface area contributed by atoms with Gasteiger partial charge < -0.3 is 26.3 Å². The molecule has 0 fully saturated rings. The van der Waals surface area contributed by atoms with Gasteiger partial charge in [0.15, 0.2) is 0 Å². The highest BCUT2D eigenvalue weighted by Gasteiger charge is 2.21. The highest BCUT2D eigenvalue weighted by Crippen LogP contribution is 2.32. The minimum atomic E-state index is -0.241. The van der Waals surface area contributed by atoms with E-state index in [0.717, 1.165) is 38.9 Å². The number of nitrogens with zero attached hydrogens (tertiary/aromatic N) is 2. The number of aromatic amines is 1. The van der Waals surface area contributed by atoms with Gasteiger partial charge in [0, 0.05) is 58.3 Å². The summed E-state index contributed by atoms with van der Waals surface area (Å²) in [5.41, 5.74) is 18.7. The zero-order valence-corrected chi connectivity index (χ0v) is 20.8. The van der Waals surface area contributed by atoms with Crippen LogP contribution in [0, 0.1) is 20.8 Å². The Balaban J connectivity index is 1.81. The van der Waals surface area contributed by atoms with Crippen LogP contribution in [-0.2, 0) is 6.54 Å². The molecular weight excluding hydrogens is 440 g/mol. The van der Waals surface area contributed by atoms with Crippen molar-refractivity contribution in [1.29, 1.82) is 0 Å². The number of amides is 1. The smallest absolute Gasteiger partial charge is 0.253 e. The van der Waals surface area contributed by atoms with E-state index in [1.54, 1.807) is 0 Å². The molecule has 0 radical (unpaired) electrons. The first-order chi connectivity index (χ1) is 16.6. The van der Waals surface area contributed by atoms with Gasteiger partial charge in [-0.1, -0.05) is 0 Å². The fourth-order valence-electron chi connectivity index (χ4n) is 4.62. The Labute approximate surface area is 204 Å². The van der Waals surface area contributed by atoms with Crippen LogP contribution in [0.4, 0.5) is 0 Å². The summed E-state index contributed by atoms with van der Waals surface area (Å²) in [6.07, 6.45) is 5.42. The van der Waals surface area contributed by atoms with Crippen molar-refractivity contribution in [1.82, 2.24) is 14.9 Å². The Bertz CT molecular complexity index is 1480. The summed E-state index contributed by atoms with van der Waals surface area (Å²) in [4.78, 5) is 33.2. The van der Waals surface area contributed by atoms with Gasteiger partial charge in [-0.15, -0.1) is 0 Å². The van der Waals surface area contributed by atoms with Crippen molar-refractivity contribution >= 4 is 28.2 Å². The molecule has 1 aliphatic rings. The van der Waals surface area contributed by atoms with Crippen molar-refractivity contribution in [2.45, 2.75) is 47.2 Å². The van der Waals surface area contributed by atoms with Gasteiger partial charge in [0.2, 0.25) is 0 Å². The molecule has 182 valence electrons. The van der Waals surface area contributed by atoms with Crippen molar-refractivity contribution in [2.75, 3.05) is 6.54 Å². The summed E-state index contributed by atoms with van der Waals surface area (Å²) in [5.74, 6) is 0.158. The van der Waals surface area contributed by atoms with Crippen LogP contribution in [0.25, 0.3) is 16.5 Å². The number of carbonyl (C=O) groups is 1.